The second kappa shape index (κ2) is 15.5. The van der Waals surface area contributed by atoms with E-state index in [0.717, 1.165) is 6.42 Å². The zero-order chi connectivity index (χ0) is 33.4. The molecule has 46 heavy (non-hydrogen) atoms. The Bertz CT molecular complexity index is 1640. The summed E-state index contributed by atoms with van der Waals surface area (Å²) in [6, 6.07) is 11.9. The van der Waals surface area contributed by atoms with Gasteiger partial charge in [-0.25, -0.2) is 18.4 Å². The van der Waals surface area contributed by atoms with E-state index in [1.807, 2.05) is 6.92 Å². The molecule has 1 aliphatic heterocycles. The number of nitrogens with zero attached hydrogens (tertiary/aromatic N) is 1. The summed E-state index contributed by atoms with van der Waals surface area (Å²) >= 11 is 5.93. The Hall–Kier alpha value is -4.71. The van der Waals surface area contributed by atoms with Crippen LogP contribution in [0.2, 0.25) is 5.02 Å². The van der Waals surface area contributed by atoms with Crippen molar-refractivity contribution in [2.24, 2.45) is 0 Å². The monoisotopic (exact) mass is 656 g/mol. The van der Waals surface area contributed by atoms with Crippen molar-refractivity contribution >= 4 is 52.7 Å². The number of benzene rings is 3. The van der Waals surface area contributed by atoms with Gasteiger partial charge in [-0.15, -0.1) is 0 Å². The van der Waals surface area contributed by atoms with Gasteiger partial charge in [-0.05, 0) is 66.8 Å². The fourth-order valence-electron chi connectivity index (χ4n) is 5.07. The molecule has 244 valence electrons. The Morgan fingerprint density at radius 1 is 1.07 bits per heavy atom. The summed E-state index contributed by atoms with van der Waals surface area (Å²) in [6.07, 6.45) is 0.0393. The largest absolute Gasteiger partial charge is 0.453 e. The Morgan fingerprint density at radius 3 is 2.59 bits per heavy atom. The molecule has 1 unspecified atom stereocenters. The number of hydrogen-bond acceptors (Lipinski definition) is 6. The Balaban J connectivity index is 1.46. The summed E-state index contributed by atoms with van der Waals surface area (Å²) in [5.41, 5.74) is 2.48. The summed E-state index contributed by atoms with van der Waals surface area (Å²) < 4.78 is 39.5. The number of anilines is 3. The van der Waals surface area contributed by atoms with Crippen molar-refractivity contribution in [3.63, 3.8) is 0 Å². The number of cyclic esters (lactones) is 1. The second-order valence-corrected chi connectivity index (χ2v) is 11.3. The molecule has 10 nitrogen and oxygen atoms in total. The molecule has 0 saturated carbocycles. The number of amides is 4. The average Bonchev–Trinajstić information content (AvgIpc) is 3.01. The number of nitrogens with one attached hydrogen (secondary N) is 3. The molecular formula is C33H35ClF2N4O6. The molecule has 0 bridgehead atoms. The molecule has 3 aromatic carbocycles. The van der Waals surface area contributed by atoms with E-state index in [4.69, 9.17) is 16.3 Å². The van der Waals surface area contributed by atoms with Crippen LogP contribution in [0.5, 0.6) is 0 Å². The summed E-state index contributed by atoms with van der Waals surface area (Å²) in [4.78, 5) is 50.9. The molecule has 0 spiro atoms. The van der Waals surface area contributed by atoms with E-state index in [0.29, 0.717) is 40.9 Å². The van der Waals surface area contributed by atoms with Crippen LogP contribution in [-0.4, -0.2) is 49.6 Å². The lowest BCUT2D eigenvalue weighted by Crippen LogP contribution is -2.30. The SMILES string of the molecule is CCCCC(=O)Nc1cc(NC(=O)OC)ccc1-c1cc(F)cc(CC(=O)N(C)CCCC2OC(=O)Nc3ccc(Cl)c(F)c32)c1. The van der Waals surface area contributed by atoms with Gasteiger partial charge in [0.2, 0.25) is 11.8 Å². The third-order valence-corrected chi connectivity index (χ3v) is 7.72. The first-order valence-electron chi connectivity index (χ1n) is 14.8. The van der Waals surface area contributed by atoms with Gasteiger partial charge in [0.15, 0.2) is 5.82 Å². The van der Waals surface area contributed by atoms with Crippen LogP contribution in [0.1, 0.15) is 56.3 Å². The number of hydrogen-bond donors (Lipinski definition) is 3. The van der Waals surface area contributed by atoms with Gasteiger partial charge in [-0.3, -0.25) is 20.2 Å². The van der Waals surface area contributed by atoms with E-state index in [1.54, 1.807) is 31.3 Å². The number of halogens is 3. The van der Waals surface area contributed by atoms with Gasteiger partial charge in [0, 0.05) is 31.3 Å². The van der Waals surface area contributed by atoms with Gasteiger partial charge in [0.1, 0.15) is 11.9 Å². The number of rotatable bonds is 12. The maximum atomic E-state index is 14.9. The maximum Gasteiger partial charge on any atom is 0.412 e. The van der Waals surface area contributed by atoms with Crippen LogP contribution < -0.4 is 16.0 Å². The van der Waals surface area contributed by atoms with E-state index < -0.39 is 29.9 Å². The Labute approximate surface area is 270 Å². The Morgan fingerprint density at radius 2 is 1.85 bits per heavy atom. The lowest BCUT2D eigenvalue weighted by atomic mass is 9.98. The molecule has 0 radical (unpaired) electrons. The van der Waals surface area contributed by atoms with E-state index in [-0.39, 0.29) is 53.9 Å². The van der Waals surface area contributed by atoms with Crippen LogP contribution in [0.15, 0.2) is 48.5 Å². The summed E-state index contributed by atoms with van der Waals surface area (Å²) in [7, 11) is 2.82. The van der Waals surface area contributed by atoms with Gasteiger partial charge in [0.05, 0.1) is 35.5 Å². The topological polar surface area (TPSA) is 126 Å². The van der Waals surface area contributed by atoms with Gasteiger partial charge < -0.3 is 19.7 Å². The van der Waals surface area contributed by atoms with E-state index >= 15 is 0 Å². The molecule has 0 aromatic heterocycles. The maximum absolute atomic E-state index is 14.9. The molecule has 3 N–H and O–H groups in total. The molecule has 1 atom stereocenters. The molecular weight excluding hydrogens is 622 g/mol. The van der Waals surface area contributed by atoms with Crippen molar-refractivity contribution in [2.45, 2.75) is 51.6 Å². The highest BCUT2D eigenvalue weighted by Crippen LogP contribution is 2.38. The fraction of sp³-hybridized carbons (Fsp3) is 0.333. The number of fused-ring (bicyclic) bond motifs is 1. The minimum Gasteiger partial charge on any atom is -0.453 e. The van der Waals surface area contributed by atoms with Gasteiger partial charge >= 0.3 is 12.2 Å². The van der Waals surface area contributed by atoms with Crippen LogP contribution in [0.25, 0.3) is 11.1 Å². The van der Waals surface area contributed by atoms with Gasteiger partial charge in [0.25, 0.3) is 0 Å². The minimum atomic E-state index is -0.873. The average molecular weight is 657 g/mol. The number of carbonyl (C=O) groups is 4. The van der Waals surface area contributed by atoms with E-state index in [2.05, 4.69) is 20.7 Å². The van der Waals surface area contributed by atoms with Crippen molar-refractivity contribution in [1.29, 1.82) is 0 Å². The van der Waals surface area contributed by atoms with Crippen molar-refractivity contribution in [3.8, 4) is 11.1 Å². The molecule has 3 aromatic rings. The van der Waals surface area contributed by atoms with Gasteiger partial charge in [-0.2, -0.15) is 0 Å². The number of methoxy groups -OCH3 is 1. The van der Waals surface area contributed by atoms with Crippen molar-refractivity contribution in [1.82, 2.24) is 4.90 Å². The predicted octanol–water partition coefficient (Wildman–Crippen LogP) is 7.68. The predicted molar refractivity (Wildman–Crippen MR) is 171 cm³/mol. The number of unbranched alkanes of at least 4 members (excludes halogenated alkanes) is 1. The second-order valence-electron chi connectivity index (χ2n) is 10.9. The summed E-state index contributed by atoms with van der Waals surface area (Å²) in [6.45, 7) is 2.23. The quantitative estimate of drug-likeness (QED) is 0.184. The number of ether oxygens (including phenoxy) is 2. The van der Waals surface area contributed by atoms with Gasteiger partial charge in [-0.1, -0.05) is 37.1 Å². The normalized spacial score (nSPS) is 13.6. The standard InChI is InChI=1S/C33H35ClF2N4O6/c1-4-5-8-28(41)38-26-18-22(37-32(43)45-3)9-10-23(26)20-14-19(15-21(35)17-20)16-29(42)40(2)13-6-7-27-30-25(39-33(44)46-27)12-11-24(34)31(30)36/h9-12,14-15,17-18,27H,4-8,13,16H2,1-3H3,(H,37,43)(H,38,41)(H,39,44). The van der Waals surface area contributed by atoms with Crippen LogP contribution in [0, 0.1) is 11.6 Å². The first kappa shape index (κ1) is 34.2. The first-order valence-corrected chi connectivity index (χ1v) is 15.1. The molecule has 0 fully saturated rings. The third kappa shape index (κ3) is 8.72. The lowest BCUT2D eigenvalue weighted by Gasteiger charge is -2.27. The van der Waals surface area contributed by atoms with Crippen molar-refractivity contribution < 1.29 is 37.4 Å². The van der Waals surface area contributed by atoms with Crippen LogP contribution in [-0.2, 0) is 25.5 Å². The van der Waals surface area contributed by atoms with Crippen molar-refractivity contribution in [3.05, 3.63) is 76.3 Å². The van der Waals surface area contributed by atoms with Crippen molar-refractivity contribution in [2.75, 3.05) is 36.7 Å². The molecule has 1 aliphatic rings. The molecule has 0 aliphatic carbocycles. The van der Waals surface area contributed by atoms with Crippen LogP contribution in [0.3, 0.4) is 0 Å². The van der Waals surface area contributed by atoms with Crippen LogP contribution in [0.4, 0.5) is 35.4 Å². The molecule has 13 heteroatoms. The lowest BCUT2D eigenvalue weighted by molar-refractivity contribution is -0.129. The highest BCUT2D eigenvalue weighted by atomic mass is 35.5. The number of carbonyl (C=O) groups excluding carboxylic acids is 4. The zero-order valence-electron chi connectivity index (χ0n) is 25.7. The Kier molecular flexibility index (Phi) is 11.5. The minimum absolute atomic E-state index is 0.0925. The van der Waals surface area contributed by atoms with Crippen LogP contribution >= 0.6 is 11.6 Å². The smallest absolute Gasteiger partial charge is 0.412 e. The fourth-order valence-corrected chi connectivity index (χ4v) is 5.24. The molecule has 1 heterocycles. The molecule has 0 saturated heterocycles. The summed E-state index contributed by atoms with van der Waals surface area (Å²) in [5, 5.41) is 7.76. The number of likely N-dealkylation sites (N-methyl/N-ethyl adjacent to an activating group) is 1. The van der Waals surface area contributed by atoms with E-state index in [9.17, 15) is 28.0 Å². The third-order valence-electron chi connectivity index (χ3n) is 7.43. The molecule has 4 rings (SSSR count). The highest BCUT2D eigenvalue weighted by Gasteiger charge is 2.30. The highest BCUT2D eigenvalue weighted by molar-refractivity contribution is 6.31. The molecule has 4 amide bonds. The first-order chi connectivity index (χ1) is 22.0. The summed E-state index contributed by atoms with van der Waals surface area (Å²) in [5.74, 6) is -1.77. The zero-order valence-corrected chi connectivity index (χ0v) is 26.4. The van der Waals surface area contributed by atoms with E-state index in [1.165, 1.54) is 36.3 Å².